The molecule has 0 aliphatic heterocycles. The lowest BCUT2D eigenvalue weighted by Gasteiger charge is -2.10. The molecule has 10 nitrogen and oxygen atoms in total. The number of ether oxygens (including phenoxy) is 1. The Kier molecular flexibility index (Phi) is 8.14. The number of amides is 2. The van der Waals surface area contributed by atoms with Gasteiger partial charge >= 0.3 is 5.97 Å². The molecule has 0 heterocycles. The van der Waals surface area contributed by atoms with E-state index in [0.29, 0.717) is 6.54 Å². The zero-order valence-corrected chi connectivity index (χ0v) is 18.4. The summed E-state index contributed by atoms with van der Waals surface area (Å²) in [6, 6.07) is 19.3. The van der Waals surface area contributed by atoms with Gasteiger partial charge in [0.25, 0.3) is 17.5 Å². The Balaban J connectivity index is 1.55. The van der Waals surface area contributed by atoms with E-state index in [2.05, 4.69) is 16.2 Å². The molecule has 3 aromatic rings. The zero-order valence-electron chi connectivity index (χ0n) is 17.6. The number of carbonyl (C=O) groups is 3. The van der Waals surface area contributed by atoms with Gasteiger partial charge in [-0.2, -0.15) is 0 Å². The largest absolute Gasteiger partial charge is 0.452 e. The van der Waals surface area contributed by atoms with Gasteiger partial charge in [0.05, 0.1) is 21.1 Å². The molecule has 0 aromatic heterocycles. The van der Waals surface area contributed by atoms with Crippen LogP contribution in [-0.4, -0.2) is 29.3 Å². The van der Waals surface area contributed by atoms with Crippen molar-refractivity contribution < 1.29 is 24.0 Å². The van der Waals surface area contributed by atoms with E-state index >= 15 is 0 Å². The van der Waals surface area contributed by atoms with Crippen molar-refractivity contribution in [2.75, 3.05) is 11.9 Å². The van der Waals surface area contributed by atoms with Gasteiger partial charge in [-0.3, -0.25) is 30.6 Å². The predicted octanol–water partition coefficient (Wildman–Crippen LogP) is 3.48. The predicted molar refractivity (Wildman–Crippen MR) is 124 cm³/mol. The molecule has 0 aliphatic carbocycles. The van der Waals surface area contributed by atoms with Crippen LogP contribution in [0.1, 0.15) is 26.3 Å². The van der Waals surface area contributed by atoms with Gasteiger partial charge in [0.2, 0.25) is 0 Å². The van der Waals surface area contributed by atoms with E-state index in [1.807, 2.05) is 30.3 Å². The van der Waals surface area contributed by atoms with Crippen molar-refractivity contribution in [2.45, 2.75) is 6.54 Å². The van der Waals surface area contributed by atoms with Gasteiger partial charge in [-0.25, -0.2) is 4.79 Å². The molecule has 0 radical (unpaired) electrons. The average Bonchev–Trinajstić information content (AvgIpc) is 2.85. The third-order valence-electron chi connectivity index (χ3n) is 4.52. The maximum atomic E-state index is 12.3. The topological polar surface area (TPSA) is 140 Å². The van der Waals surface area contributed by atoms with E-state index in [-0.39, 0.29) is 27.5 Å². The van der Waals surface area contributed by atoms with Gasteiger partial charge in [0.1, 0.15) is 5.69 Å². The number of hydrazine groups is 1. The molecule has 0 atom stereocenters. The van der Waals surface area contributed by atoms with Crippen molar-refractivity contribution in [1.29, 1.82) is 0 Å². The van der Waals surface area contributed by atoms with E-state index in [1.165, 1.54) is 24.3 Å². The molecule has 3 N–H and O–H groups in total. The van der Waals surface area contributed by atoms with Crippen LogP contribution in [0.2, 0.25) is 5.02 Å². The summed E-state index contributed by atoms with van der Waals surface area (Å²) in [6.45, 7) is -0.366. The molecule has 2 amide bonds. The molecule has 0 bridgehead atoms. The Labute approximate surface area is 199 Å². The second-order valence-electron chi connectivity index (χ2n) is 6.89. The molecule has 0 aliphatic rings. The lowest BCUT2D eigenvalue weighted by atomic mass is 10.1. The number of nitro groups is 1. The van der Waals surface area contributed by atoms with Crippen LogP contribution in [-0.2, 0) is 16.1 Å². The van der Waals surface area contributed by atoms with Crippen LogP contribution in [0.5, 0.6) is 0 Å². The van der Waals surface area contributed by atoms with Crippen LogP contribution in [0.25, 0.3) is 0 Å². The minimum Gasteiger partial charge on any atom is -0.452 e. The van der Waals surface area contributed by atoms with E-state index < -0.39 is 29.3 Å². The first-order chi connectivity index (χ1) is 16.3. The molecule has 0 spiro atoms. The first-order valence-electron chi connectivity index (χ1n) is 9.92. The average molecular weight is 483 g/mol. The Hall–Kier alpha value is -4.44. The highest BCUT2D eigenvalue weighted by Crippen LogP contribution is 2.26. The van der Waals surface area contributed by atoms with Crippen molar-refractivity contribution in [1.82, 2.24) is 10.9 Å². The van der Waals surface area contributed by atoms with Gasteiger partial charge in [-0.1, -0.05) is 54.1 Å². The van der Waals surface area contributed by atoms with Gasteiger partial charge in [-0.05, 0) is 29.8 Å². The van der Waals surface area contributed by atoms with Crippen molar-refractivity contribution in [3.8, 4) is 0 Å². The van der Waals surface area contributed by atoms with Crippen molar-refractivity contribution in [2.24, 2.45) is 0 Å². The molecule has 3 aromatic carbocycles. The van der Waals surface area contributed by atoms with Crippen LogP contribution >= 0.6 is 11.6 Å². The molecule has 0 unspecified atom stereocenters. The fourth-order valence-corrected chi connectivity index (χ4v) is 3.06. The fraction of sp³-hybridized carbons (Fsp3) is 0.0870. The van der Waals surface area contributed by atoms with Crippen molar-refractivity contribution in [3.05, 3.63) is 105 Å². The molecular formula is C23H19ClN4O6. The Morgan fingerprint density at radius 1 is 0.941 bits per heavy atom. The van der Waals surface area contributed by atoms with Crippen LogP contribution in [0.15, 0.2) is 72.8 Å². The van der Waals surface area contributed by atoms with Gasteiger partial charge < -0.3 is 10.1 Å². The minimum atomic E-state index is -0.940. The third kappa shape index (κ3) is 6.53. The molecule has 11 heteroatoms. The minimum absolute atomic E-state index is 0.107. The number of nitrogens with one attached hydrogen (secondary N) is 3. The number of benzene rings is 3. The quantitative estimate of drug-likeness (QED) is 0.253. The van der Waals surface area contributed by atoms with Crippen LogP contribution < -0.4 is 16.2 Å². The van der Waals surface area contributed by atoms with E-state index in [1.54, 1.807) is 12.1 Å². The lowest BCUT2D eigenvalue weighted by Crippen LogP contribution is -2.43. The molecule has 174 valence electrons. The number of anilines is 1. The fourth-order valence-electron chi connectivity index (χ4n) is 2.84. The Bertz CT molecular complexity index is 1220. The number of hydrogen-bond donors (Lipinski definition) is 3. The standard InChI is InChI=1S/C23H19ClN4O6/c24-18-9-5-4-8-17(18)22(30)27-26-21(29)14-34-23(31)16-10-11-19(20(12-16)28(32)33)25-13-15-6-2-1-3-7-15/h1-12,25H,13-14H2,(H,26,29)(H,27,30). The van der Waals surface area contributed by atoms with Gasteiger partial charge in [-0.15, -0.1) is 0 Å². The SMILES string of the molecule is O=C(COC(=O)c1ccc(NCc2ccccc2)c([N+](=O)[O-])c1)NNC(=O)c1ccccc1Cl. The summed E-state index contributed by atoms with van der Waals surface area (Å²) in [4.78, 5) is 47.0. The summed E-state index contributed by atoms with van der Waals surface area (Å²) < 4.78 is 4.88. The molecule has 3 rings (SSSR count). The monoisotopic (exact) mass is 482 g/mol. The van der Waals surface area contributed by atoms with Crippen LogP contribution in [0.3, 0.4) is 0 Å². The summed E-state index contributed by atoms with van der Waals surface area (Å²) in [6.07, 6.45) is 0. The number of nitro benzene ring substituents is 1. The highest BCUT2D eigenvalue weighted by molar-refractivity contribution is 6.33. The number of hydrogen-bond acceptors (Lipinski definition) is 7. The summed E-state index contributed by atoms with van der Waals surface area (Å²) in [7, 11) is 0. The number of carbonyl (C=O) groups excluding carboxylic acids is 3. The summed E-state index contributed by atoms with van der Waals surface area (Å²) >= 11 is 5.91. The van der Waals surface area contributed by atoms with E-state index in [9.17, 15) is 24.5 Å². The first-order valence-corrected chi connectivity index (χ1v) is 10.3. The molecule has 0 saturated carbocycles. The van der Waals surface area contributed by atoms with Crippen molar-refractivity contribution >= 4 is 40.8 Å². The molecule has 0 fully saturated rings. The molecule has 34 heavy (non-hydrogen) atoms. The Morgan fingerprint density at radius 2 is 1.65 bits per heavy atom. The summed E-state index contributed by atoms with van der Waals surface area (Å²) in [5.41, 5.74) is 5.12. The highest BCUT2D eigenvalue weighted by atomic mass is 35.5. The highest BCUT2D eigenvalue weighted by Gasteiger charge is 2.19. The lowest BCUT2D eigenvalue weighted by molar-refractivity contribution is -0.384. The first kappa shape index (κ1) is 24.2. The van der Waals surface area contributed by atoms with E-state index in [4.69, 9.17) is 16.3 Å². The van der Waals surface area contributed by atoms with Crippen LogP contribution in [0, 0.1) is 10.1 Å². The zero-order chi connectivity index (χ0) is 24.5. The number of esters is 1. The van der Waals surface area contributed by atoms with E-state index in [0.717, 1.165) is 11.6 Å². The summed E-state index contributed by atoms with van der Waals surface area (Å²) in [5.74, 6) is -2.41. The second-order valence-corrected chi connectivity index (χ2v) is 7.29. The smallest absolute Gasteiger partial charge is 0.338 e. The normalized spacial score (nSPS) is 10.1. The molecule has 0 saturated heterocycles. The molecular weight excluding hydrogens is 464 g/mol. The van der Waals surface area contributed by atoms with Gasteiger partial charge in [0.15, 0.2) is 6.61 Å². The number of nitrogens with zero attached hydrogens (tertiary/aromatic N) is 1. The number of rotatable bonds is 8. The maximum Gasteiger partial charge on any atom is 0.338 e. The number of halogens is 1. The van der Waals surface area contributed by atoms with Crippen molar-refractivity contribution in [3.63, 3.8) is 0 Å². The summed E-state index contributed by atoms with van der Waals surface area (Å²) in [5, 5.41) is 14.6. The van der Waals surface area contributed by atoms with Gasteiger partial charge in [0, 0.05) is 12.6 Å². The van der Waals surface area contributed by atoms with Crippen LogP contribution in [0.4, 0.5) is 11.4 Å². The second kappa shape index (κ2) is 11.4. The maximum absolute atomic E-state index is 12.3. The third-order valence-corrected chi connectivity index (χ3v) is 4.85. The Morgan fingerprint density at radius 3 is 2.35 bits per heavy atom.